The van der Waals surface area contributed by atoms with Crippen molar-refractivity contribution in [1.29, 1.82) is 0 Å². The first kappa shape index (κ1) is 14.9. The van der Waals surface area contributed by atoms with Gasteiger partial charge in [-0.25, -0.2) is 0 Å². The van der Waals surface area contributed by atoms with Crippen LogP contribution in [0.3, 0.4) is 0 Å². The van der Waals surface area contributed by atoms with E-state index in [1.54, 1.807) is 0 Å². The lowest BCUT2D eigenvalue weighted by molar-refractivity contribution is 0.204. The monoisotopic (exact) mass is 279 g/mol. The zero-order valence-corrected chi connectivity index (χ0v) is 13.0. The van der Waals surface area contributed by atoms with Gasteiger partial charge >= 0.3 is 0 Å². The highest BCUT2D eigenvalue weighted by molar-refractivity contribution is 7.99. The molecule has 0 bridgehead atoms. The Hall–Kier alpha value is -0.510. The van der Waals surface area contributed by atoms with Crippen molar-refractivity contribution >= 4 is 11.8 Å². The zero-order chi connectivity index (χ0) is 13.9. The largest absolute Gasteiger partial charge is 0.396 e. The Balaban J connectivity index is 1.86. The van der Waals surface area contributed by atoms with Crippen molar-refractivity contribution in [2.45, 2.75) is 49.8 Å². The van der Waals surface area contributed by atoms with E-state index in [2.05, 4.69) is 50.4 Å². The van der Waals surface area contributed by atoms with Crippen LogP contribution in [0.15, 0.2) is 29.2 Å². The summed E-state index contributed by atoms with van der Waals surface area (Å²) in [5.74, 6) is 0. The molecule has 0 aromatic heterocycles. The van der Waals surface area contributed by atoms with E-state index in [4.69, 9.17) is 0 Å². The molecule has 1 aliphatic rings. The molecule has 1 fully saturated rings. The molecule has 19 heavy (non-hydrogen) atoms. The second kappa shape index (κ2) is 6.29. The summed E-state index contributed by atoms with van der Waals surface area (Å²) in [7, 11) is 0. The number of hydrogen-bond acceptors (Lipinski definition) is 3. The fourth-order valence-corrected chi connectivity index (χ4v) is 3.00. The van der Waals surface area contributed by atoms with Crippen molar-refractivity contribution in [3.63, 3.8) is 0 Å². The molecule has 0 aliphatic heterocycles. The van der Waals surface area contributed by atoms with Gasteiger partial charge in [0.05, 0.1) is 0 Å². The number of hydrogen-bond donors (Lipinski definition) is 2. The van der Waals surface area contributed by atoms with Crippen LogP contribution in [-0.4, -0.2) is 23.5 Å². The maximum atomic E-state index is 9.32. The lowest BCUT2D eigenvalue weighted by Crippen LogP contribution is -2.28. The predicted octanol–water partition coefficient (Wildman–Crippen LogP) is 3.61. The average molecular weight is 279 g/mol. The third-order valence-electron chi connectivity index (χ3n) is 3.83. The van der Waals surface area contributed by atoms with Crippen LogP contribution in [0.1, 0.15) is 45.2 Å². The van der Waals surface area contributed by atoms with Gasteiger partial charge in [-0.3, -0.25) is 0 Å². The van der Waals surface area contributed by atoms with Gasteiger partial charge in [-0.1, -0.05) is 26.0 Å². The highest BCUT2D eigenvalue weighted by Crippen LogP contribution is 2.44. The fourth-order valence-electron chi connectivity index (χ4n) is 2.16. The van der Waals surface area contributed by atoms with E-state index in [0.717, 1.165) is 19.4 Å². The van der Waals surface area contributed by atoms with E-state index in [1.165, 1.54) is 10.5 Å². The van der Waals surface area contributed by atoms with Crippen LogP contribution >= 0.6 is 11.8 Å². The number of nitrogens with one attached hydrogen (secondary N) is 1. The highest BCUT2D eigenvalue weighted by Gasteiger charge is 2.41. The van der Waals surface area contributed by atoms with E-state index >= 15 is 0 Å². The van der Waals surface area contributed by atoms with E-state index < -0.39 is 0 Å². The first-order valence-electron chi connectivity index (χ1n) is 7.15. The molecule has 2 nitrogen and oxygen atoms in total. The Bertz CT molecular complexity index is 398. The van der Waals surface area contributed by atoms with Crippen LogP contribution in [0.4, 0.5) is 0 Å². The van der Waals surface area contributed by atoms with Crippen LogP contribution in [0.25, 0.3) is 0 Å². The van der Waals surface area contributed by atoms with Crippen molar-refractivity contribution in [3.05, 3.63) is 29.8 Å². The van der Waals surface area contributed by atoms with Crippen molar-refractivity contribution in [3.8, 4) is 0 Å². The van der Waals surface area contributed by atoms with Gasteiger partial charge in [-0.2, -0.15) is 0 Å². The second-order valence-electron chi connectivity index (χ2n) is 6.00. The Morgan fingerprint density at radius 3 is 2.32 bits per heavy atom. The summed E-state index contributed by atoms with van der Waals surface area (Å²) in [6.07, 6.45) is 2.32. The quantitative estimate of drug-likeness (QED) is 0.748. The van der Waals surface area contributed by atoms with Gasteiger partial charge in [0.2, 0.25) is 0 Å². The van der Waals surface area contributed by atoms with Gasteiger partial charge in [0, 0.05) is 34.8 Å². The van der Waals surface area contributed by atoms with Crippen molar-refractivity contribution in [2.75, 3.05) is 13.2 Å². The third kappa shape index (κ3) is 4.23. The Kier molecular flexibility index (Phi) is 4.93. The topological polar surface area (TPSA) is 32.3 Å². The van der Waals surface area contributed by atoms with Crippen LogP contribution in [-0.2, 0) is 0 Å². The number of aliphatic hydroxyl groups is 1. The van der Waals surface area contributed by atoms with Crippen LogP contribution in [0.5, 0.6) is 0 Å². The lowest BCUT2D eigenvalue weighted by atomic mass is 10.1. The summed E-state index contributed by atoms with van der Waals surface area (Å²) in [6, 6.07) is 9.18. The van der Waals surface area contributed by atoms with Crippen LogP contribution < -0.4 is 5.32 Å². The molecule has 3 heteroatoms. The summed E-state index contributed by atoms with van der Waals surface area (Å²) in [4.78, 5) is 1.33. The van der Waals surface area contributed by atoms with Gasteiger partial charge in [-0.05, 0) is 37.5 Å². The molecule has 1 atom stereocenters. The molecular formula is C16H25NOS. The van der Waals surface area contributed by atoms with E-state index in [9.17, 15) is 5.11 Å². The minimum Gasteiger partial charge on any atom is -0.396 e. The first-order chi connectivity index (χ1) is 9.04. The molecule has 0 heterocycles. The molecule has 0 saturated heterocycles. The summed E-state index contributed by atoms with van der Waals surface area (Å²) >= 11 is 1.90. The van der Waals surface area contributed by atoms with Crippen molar-refractivity contribution in [2.24, 2.45) is 5.41 Å². The zero-order valence-electron chi connectivity index (χ0n) is 12.1. The van der Waals surface area contributed by atoms with Gasteiger partial charge in [-0.15, -0.1) is 11.8 Å². The molecule has 1 aliphatic carbocycles. The molecule has 0 radical (unpaired) electrons. The smallest absolute Gasteiger partial charge is 0.0499 e. The molecule has 0 spiro atoms. The molecule has 1 saturated carbocycles. The normalized spacial score (nSPS) is 18.6. The summed E-state index contributed by atoms with van der Waals surface area (Å²) in [6.45, 7) is 7.86. The SMILES string of the molecule is CC(C)Sc1ccc(C(C)NCC2(CO)CC2)cc1. The minimum absolute atomic E-state index is 0.182. The van der Waals surface area contributed by atoms with Gasteiger partial charge in [0.1, 0.15) is 0 Å². The molecular weight excluding hydrogens is 254 g/mol. The van der Waals surface area contributed by atoms with Crippen molar-refractivity contribution in [1.82, 2.24) is 5.32 Å². The van der Waals surface area contributed by atoms with E-state index in [-0.39, 0.29) is 5.41 Å². The van der Waals surface area contributed by atoms with Gasteiger partial charge in [0.25, 0.3) is 0 Å². The Morgan fingerprint density at radius 2 is 1.84 bits per heavy atom. The van der Waals surface area contributed by atoms with E-state index in [1.807, 2.05) is 11.8 Å². The number of benzene rings is 1. The lowest BCUT2D eigenvalue weighted by Gasteiger charge is -2.19. The molecule has 0 amide bonds. The number of thioether (sulfide) groups is 1. The molecule has 106 valence electrons. The fraction of sp³-hybridized carbons (Fsp3) is 0.625. The van der Waals surface area contributed by atoms with Crippen LogP contribution in [0, 0.1) is 5.41 Å². The van der Waals surface area contributed by atoms with Crippen molar-refractivity contribution < 1.29 is 5.11 Å². The molecule has 2 N–H and O–H groups in total. The van der Waals surface area contributed by atoms with Crippen LogP contribution in [0.2, 0.25) is 0 Å². The van der Waals surface area contributed by atoms with Gasteiger partial charge in [0.15, 0.2) is 0 Å². The molecule has 2 rings (SSSR count). The Morgan fingerprint density at radius 1 is 1.21 bits per heavy atom. The Labute approximate surface area is 121 Å². The van der Waals surface area contributed by atoms with Gasteiger partial charge < -0.3 is 10.4 Å². The number of aliphatic hydroxyl groups excluding tert-OH is 1. The average Bonchev–Trinajstić information content (AvgIpc) is 3.17. The maximum absolute atomic E-state index is 9.32. The number of rotatable bonds is 7. The summed E-state index contributed by atoms with van der Waals surface area (Å²) in [5, 5.41) is 13.5. The first-order valence-corrected chi connectivity index (χ1v) is 8.03. The second-order valence-corrected chi connectivity index (χ2v) is 7.65. The molecule has 1 aromatic carbocycles. The standard InChI is InChI=1S/C16H25NOS/c1-12(2)19-15-6-4-14(5-7-15)13(3)17-10-16(11-18)8-9-16/h4-7,12-13,17-18H,8-11H2,1-3H3. The third-order valence-corrected chi connectivity index (χ3v) is 4.84. The highest BCUT2D eigenvalue weighted by atomic mass is 32.2. The summed E-state index contributed by atoms with van der Waals surface area (Å²) in [5.41, 5.74) is 1.50. The minimum atomic E-state index is 0.182. The van der Waals surface area contributed by atoms with E-state index in [0.29, 0.717) is 17.9 Å². The molecule has 1 aromatic rings. The summed E-state index contributed by atoms with van der Waals surface area (Å²) < 4.78 is 0. The maximum Gasteiger partial charge on any atom is 0.0499 e. The molecule has 1 unspecified atom stereocenters. The predicted molar refractivity (Wildman–Crippen MR) is 82.6 cm³/mol.